The molecule has 0 bridgehead atoms. The quantitative estimate of drug-likeness (QED) is 0.660. The first-order valence-electron chi connectivity index (χ1n) is 6.67. The number of hydrogen-bond acceptors (Lipinski definition) is 7. The van der Waals surface area contributed by atoms with Crippen LogP contribution in [0.3, 0.4) is 0 Å². The molecule has 112 valence electrons. The number of nitrogens with zero attached hydrogens (tertiary/aromatic N) is 5. The lowest BCUT2D eigenvalue weighted by atomic mass is 10.4. The van der Waals surface area contributed by atoms with Crippen LogP contribution in [-0.4, -0.2) is 50.8 Å². The van der Waals surface area contributed by atoms with Crippen molar-refractivity contribution in [3.05, 3.63) is 18.5 Å². The van der Waals surface area contributed by atoms with Crippen molar-refractivity contribution in [1.29, 1.82) is 0 Å². The first-order chi connectivity index (χ1) is 10.2. The Morgan fingerprint density at radius 1 is 1.24 bits per heavy atom. The Hall–Kier alpha value is -2.71. The van der Waals surface area contributed by atoms with E-state index in [1.807, 2.05) is 6.92 Å². The van der Waals surface area contributed by atoms with Gasteiger partial charge < -0.3 is 16.0 Å². The summed E-state index contributed by atoms with van der Waals surface area (Å²) in [7, 11) is 1.60. The number of hydrogen-bond donors (Lipinski definition) is 3. The van der Waals surface area contributed by atoms with Crippen LogP contribution in [0.15, 0.2) is 18.5 Å². The highest BCUT2D eigenvalue weighted by atomic mass is 16.1. The number of aromatic nitrogens is 5. The molecular weight excluding hydrogens is 272 g/mol. The fourth-order valence-electron chi connectivity index (χ4n) is 1.58. The molecule has 0 saturated carbocycles. The molecule has 9 nitrogen and oxygen atoms in total. The second-order valence-electron chi connectivity index (χ2n) is 4.11. The van der Waals surface area contributed by atoms with Gasteiger partial charge in [-0.1, -0.05) is 0 Å². The first-order valence-corrected chi connectivity index (χ1v) is 6.67. The normalized spacial score (nSPS) is 10.2. The molecule has 1 amide bonds. The summed E-state index contributed by atoms with van der Waals surface area (Å²) in [6, 6.07) is 1.79. The molecule has 0 unspecified atom stereocenters. The van der Waals surface area contributed by atoms with Gasteiger partial charge in [-0.2, -0.15) is 20.1 Å². The minimum absolute atomic E-state index is 0.0456. The highest BCUT2D eigenvalue weighted by Crippen LogP contribution is 2.08. The van der Waals surface area contributed by atoms with Gasteiger partial charge in [-0.15, -0.1) is 0 Å². The molecule has 0 radical (unpaired) electrons. The Balaban J connectivity index is 2.14. The predicted molar refractivity (Wildman–Crippen MR) is 78.3 cm³/mol. The van der Waals surface area contributed by atoms with Gasteiger partial charge >= 0.3 is 0 Å². The summed E-state index contributed by atoms with van der Waals surface area (Å²) in [5, 5.41) is 12.7. The van der Waals surface area contributed by atoms with Gasteiger partial charge in [0.05, 0.1) is 0 Å². The van der Waals surface area contributed by atoms with Gasteiger partial charge in [-0.25, -0.2) is 4.68 Å². The van der Waals surface area contributed by atoms with Crippen LogP contribution < -0.4 is 16.0 Å². The van der Waals surface area contributed by atoms with Crippen LogP contribution in [0.2, 0.25) is 0 Å². The highest BCUT2D eigenvalue weighted by Gasteiger charge is 2.08. The average molecular weight is 290 g/mol. The summed E-state index contributed by atoms with van der Waals surface area (Å²) >= 11 is 0. The zero-order valence-corrected chi connectivity index (χ0v) is 12.0. The molecule has 2 aromatic rings. The maximum atomic E-state index is 11.2. The van der Waals surface area contributed by atoms with Gasteiger partial charge in [-0.3, -0.25) is 4.79 Å². The van der Waals surface area contributed by atoms with Crippen LogP contribution in [0.1, 0.15) is 13.3 Å². The van der Waals surface area contributed by atoms with Gasteiger partial charge in [-0.05, 0) is 13.0 Å². The molecule has 0 saturated heterocycles. The van der Waals surface area contributed by atoms with Crippen molar-refractivity contribution >= 4 is 17.8 Å². The summed E-state index contributed by atoms with van der Waals surface area (Å²) in [6.07, 6.45) is 3.74. The average Bonchev–Trinajstić information content (AvgIpc) is 3.01. The molecule has 0 aliphatic carbocycles. The Morgan fingerprint density at radius 3 is 2.62 bits per heavy atom. The largest absolute Gasteiger partial charge is 0.359 e. The molecule has 0 spiro atoms. The maximum Gasteiger partial charge on any atom is 0.257 e. The van der Waals surface area contributed by atoms with Gasteiger partial charge in [0.15, 0.2) is 0 Å². The van der Waals surface area contributed by atoms with E-state index in [-0.39, 0.29) is 5.91 Å². The molecule has 9 heteroatoms. The summed E-state index contributed by atoms with van der Waals surface area (Å²) in [5.41, 5.74) is 0. The number of rotatable bonds is 7. The predicted octanol–water partition coefficient (Wildman–Crippen LogP) is 0.0371. The molecule has 0 aromatic carbocycles. The van der Waals surface area contributed by atoms with Gasteiger partial charge in [0.1, 0.15) is 0 Å². The van der Waals surface area contributed by atoms with Crippen molar-refractivity contribution in [2.45, 2.75) is 13.3 Å². The molecule has 2 aromatic heterocycles. The van der Waals surface area contributed by atoms with E-state index in [2.05, 4.69) is 36.0 Å². The van der Waals surface area contributed by atoms with E-state index in [0.717, 1.165) is 0 Å². The smallest absolute Gasteiger partial charge is 0.257 e. The molecular formula is C12H18N8O. The molecule has 0 aliphatic rings. The highest BCUT2D eigenvalue weighted by molar-refractivity contribution is 5.75. The van der Waals surface area contributed by atoms with Gasteiger partial charge in [0, 0.05) is 39.0 Å². The molecule has 0 aliphatic heterocycles. The van der Waals surface area contributed by atoms with Crippen LogP contribution in [0.5, 0.6) is 0 Å². The lowest BCUT2D eigenvalue weighted by Gasteiger charge is -2.09. The van der Waals surface area contributed by atoms with E-state index in [1.165, 1.54) is 0 Å². The number of anilines is 2. The molecule has 0 fully saturated rings. The Labute approximate surface area is 122 Å². The molecule has 0 atom stereocenters. The minimum Gasteiger partial charge on any atom is -0.359 e. The summed E-state index contributed by atoms with van der Waals surface area (Å²) in [4.78, 5) is 24.0. The monoisotopic (exact) mass is 290 g/mol. The van der Waals surface area contributed by atoms with Crippen LogP contribution in [0, 0.1) is 0 Å². The molecule has 3 N–H and O–H groups in total. The third-order valence-electron chi connectivity index (χ3n) is 2.58. The van der Waals surface area contributed by atoms with Crippen molar-refractivity contribution in [1.82, 2.24) is 30.0 Å². The minimum atomic E-state index is -0.0456. The second kappa shape index (κ2) is 7.17. The standard InChI is InChI=1S/C12H18N8O/c1-3-14-10-17-11(15-7-5-9(21)13-2)19-12(18-10)20-8-4-6-16-20/h4,6,8H,3,5,7H2,1-2H3,(H,13,21)(H2,14,15,17,18,19). The number of carbonyl (C=O) groups is 1. The maximum absolute atomic E-state index is 11.2. The lowest BCUT2D eigenvalue weighted by Crippen LogP contribution is -2.21. The van der Waals surface area contributed by atoms with Crippen LogP contribution >= 0.6 is 0 Å². The summed E-state index contributed by atoms with van der Waals surface area (Å²) in [6.45, 7) is 3.09. The van der Waals surface area contributed by atoms with Crippen LogP contribution in [0.25, 0.3) is 5.95 Å². The SMILES string of the molecule is CCNc1nc(NCCC(=O)NC)nc(-n2cccn2)n1. The van der Waals surface area contributed by atoms with E-state index in [9.17, 15) is 4.79 Å². The topological polar surface area (TPSA) is 110 Å². The van der Waals surface area contributed by atoms with Gasteiger partial charge in [0.2, 0.25) is 17.8 Å². The fraction of sp³-hybridized carbons (Fsp3) is 0.417. The van der Waals surface area contributed by atoms with Crippen molar-refractivity contribution in [3.8, 4) is 5.95 Å². The van der Waals surface area contributed by atoms with E-state index in [1.54, 1.807) is 30.2 Å². The summed E-state index contributed by atoms with van der Waals surface area (Å²) < 4.78 is 1.55. The molecule has 21 heavy (non-hydrogen) atoms. The Bertz CT molecular complexity index is 583. The van der Waals surface area contributed by atoms with Gasteiger partial charge in [0.25, 0.3) is 5.95 Å². The fourth-order valence-corrected chi connectivity index (χ4v) is 1.58. The van der Waals surface area contributed by atoms with E-state index < -0.39 is 0 Å². The number of amides is 1. The van der Waals surface area contributed by atoms with Crippen molar-refractivity contribution in [3.63, 3.8) is 0 Å². The summed E-state index contributed by atoms with van der Waals surface area (Å²) in [5.74, 6) is 1.22. The third kappa shape index (κ3) is 4.13. The zero-order chi connectivity index (χ0) is 15.1. The number of nitrogens with one attached hydrogen (secondary N) is 3. The third-order valence-corrected chi connectivity index (χ3v) is 2.58. The van der Waals surface area contributed by atoms with Crippen LogP contribution in [0.4, 0.5) is 11.9 Å². The number of carbonyl (C=O) groups excluding carboxylic acids is 1. The first kappa shape index (κ1) is 14.7. The Kier molecular flexibility index (Phi) is 5.02. The van der Waals surface area contributed by atoms with E-state index >= 15 is 0 Å². The van der Waals surface area contributed by atoms with Crippen LogP contribution in [-0.2, 0) is 4.79 Å². The molecule has 2 heterocycles. The Morgan fingerprint density at radius 2 is 2.00 bits per heavy atom. The second-order valence-corrected chi connectivity index (χ2v) is 4.11. The van der Waals surface area contributed by atoms with Crippen molar-refractivity contribution in [2.75, 3.05) is 30.8 Å². The zero-order valence-electron chi connectivity index (χ0n) is 12.0. The lowest BCUT2D eigenvalue weighted by molar-refractivity contribution is -0.120. The van der Waals surface area contributed by atoms with Crippen molar-refractivity contribution in [2.24, 2.45) is 0 Å². The van der Waals surface area contributed by atoms with E-state index in [0.29, 0.717) is 37.4 Å². The van der Waals surface area contributed by atoms with Crippen molar-refractivity contribution < 1.29 is 4.79 Å². The van der Waals surface area contributed by atoms with E-state index in [4.69, 9.17) is 0 Å². The molecule has 2 rings (SSSR count).